The van der Waals surface area contributed by atoms with E-state index in [4.69, 9.17) is 4.52 Å². The predicted octanol–water partition coefficient (Wildman–Crippen LogP) is 2.45. The van der Waals surface area contributed by atoms with Crippen molar-refractivity contribution in [3.05, 3.63) is 35.6 Å². The smallest absolute Gasteiger partial charge is 0.276 e. The highest BCUT2D eigenvalue weighted by atomic mass is 16.5. The van der Waals surface area contributed by atoms with E-state index in [1.807, 2.05) is 11.0 Å². The first-order chi connectivity index (χ1) is 12.7. The Morgan fingerprint density at radius 2 is 2.19 bits per heavy atom. The number of likely N-dealkylation sites (tertiary alicyclic amines) is 1. The van der Waals surface area contributed by atoms with Crippen LogP contribution in [0, 0.1) is 5.41 Å². The van der Waals surface area contributed by atoms with Crippen molar-refractivity contribution in [3.8, 4) is 0 Å². The van der Waals surface area contributed by atoms with Crippen molar-refractivity contribution in [2.24, 2.45) is 5.41 Å². The molecule has 1 spiro atoms. The molecule has 0 bridgehead atoms. The summed E-state index contributed by atoms with van der Waals surface area (Å²) in [6.07, 6.45) is 10.6. The number of rotatable bonds is 3. The lowest BCUT2D eigenvalue weighted by atomic mass is 9.65. The quantitative estimate of drug-likeness (QED) is 0.912. The van der Waals surface area contributed by atoms with E-state index in [0.717, 1.165) is 75.2 Å². The fourth-order valence-electron chi connectivity index (χ4n) is 4.82. The van der Waals surface area contributed by atoms with Crippen molar-refractivity contribution in [1.29, 1.82) is 0 Å². The Labute approximate surface area is 152 Å². The molecule has 3 aliphatic rings. The van der Waals surface area contributed by atoms with Crippen LogP contribution >= 0.6 is 0 Å². The van der Waals surface area contributed by atoms with Crippen LogP contribution in [0.3, 0.4) is 0 Å². The Morgan fingerprint density at radius 1 is 1.31 bits per heavy atom. The van der Waals surface area contributed by atoms with Gasteiger partial charge in [0.2, 0.25) is 0 Å². The molecule has 1 amide bonds. The Kier molecular flexibility index (Phi) is 3.69. The molecule has 7 heteroatoms. The number of amides is 1. The van der Waals surface area contributed by atoms with Crippen LogP contribution in [0.25, 0.3) is 0 Å². The fourth-order valence-corrected chi connectivity index (χ4v) is 4.82. The summed E-state index contributed by atoms with van der Waals surface area (Å²) in [6, 6.07) is 2.32. The second kappa shape index (κ2) is 6.07. The van der Waals surface area contributed by atoms with Crippen molar-refractivity contribution in [1.82, 2.24) is 20.0 Å². The number of fused-ring (bicyclic) bond motifs is 1. The SMILES string of the molecule is O=C(c1noc2c1CCCC2)N1CCC2(CC(Nc3ccncn3)C2)C1. The van der Waals surface area contributed by atoms with Gasteiger partial charge in [0.25, 0.3) is 5.91 Å². The van der Waals surface area contributed by atoms with E-state index in [1.54, 1.807) is 12.5 Å². The zero-order valence-corrected chi connectivity index (χ0v) is 14.8. The van der Waals surface area contributed by atoms with Crippen LogP contribution in [0.1, 0.15) is 53.9 Å². The van der Waals surface area contributed by atoms with E-state index in [1.165, 1.54) is 0 Å². The van der Waals surface area contributed by atoms with Crippen LogP contribution in [0.15, 0.2) is 23.1 Å². The van der Waals surface area contributed by atoms with Gasteiger partial charge in [-0.05, 0) is 50.0 Å². The minimum atomic E-state index is 0.0565. The molecule has 0 unspecified atom stereocenters. The third-order valence-corrected chi connectivity index (χ3v) is 6.17. The molecule has 2 aliphatic carbocycles. The summed E-state index contributed by atoms with van der Waals surface area (Å²) >= 11 is 0. The van der Waals surface area contributed by atoms with Crippen LogP contribution in [-0.2, 0) is 12.8 Å². The second-order valence-corrected chi connectivity index (χ2v) is 7.96. The number of anilines is 1. The molecule has 1 saturated carbocycles. The Morgan fingerprint density at radius 3 is 3.04 bits per heavy atom. The first kappa shape index (κ1) is 15.8. The summed E-state index contributed by atoms with van der Waals surface area (Å²) in [7, 11) is 0. The van der Waals surface area contributed by atoms with E-state index in [2.05, 4.69) is 20.4 Å². The zero-order valence-electron chi connectivity index (χ0n) is 14.8. The standard InChI is InChI=1S/C19H23N5O2/c25-18(17-14-3-1-2-4-15(14)26-23-17)24-8-6-19(11-24)9-13(10-19)22-16-5-7-20-12-21-16/h5,7,12-13H,1-4,6,8-11H2,(H,20,21,22). The number of nitrogens with zero attached hydrogens (tertiary/aromatic N) is 4. The molecule has 2 aromatic rings. The molecule has 0 atom stereocenters. The van der Waals surface area contributed by atoms with Gasteiger partial charge >= 0.3 is 0 Å². The molecule has 2 aromatic heterocycles. The molecule has 0 radical (unpaired) electrons. The molecule has 3 heterocycles. The van der Waals surface area contributed by atoms with Crippen molar-refractivity contribution in [2.75, 3.05) is 18.4 Å². The van der Waals surface area contributed by atoms with Crippen LogP contribution < -0.4 is 5.32 Å². The van der Waals surface area contributed by atoms with Crippen molar-refractivity contribution in [2.45, 2.75) is 51.0 Å². The third kappa shape index (κ3) is 2.66. The molecule has 0 aromatic carbocycles. The monoisotopic (exact) mass is 353 g/mol. The summed E-state index contributed by atoms with van der Waals surface area (Å²) in [5.41, 5.74) is 1.87. The first-order valence-electron chi connectivity index (χ1n) is 9.52. The first-order valence-corrected chi connectivity index (χ1v) is 9.52. The zero-order chi connectivity index (χ0) is 17.6. The van der Waals surface area contributed by atoms with Gasteiger partial charge in [0.1, 0.15) is 17.9 Å². The molecule has 26 heavy (non-hydrogen) atoms. The van der Waals surface area contributed by atoms with Gasteiger partial charge in [-0.3, -0.25) is 4.79 Å². The van der Waals surface area contributed by atoms with Gasteiger partial charge in [0, 0.05) is 37.3 Å². The van der Waals surface area contributed by atoms with Gasteiger partial charge < -0.3 is 14.7 Å². The average molecular weight is 353 g/mol. The summed E-state index contributed by atoms with van der Waals surface area (Å²) < 4.78 is 5.42. The number of nitrogens with one attached hydrogen (secondary N) is 1. The highest BCUT2D eigenvalue weighted by Gasteiger charge is 2.50. The summed E-state index contributed by atoms with van der Waals surface area (Å²) in [5.74, 6) is 1.85. The van der Waals surface area contributed by atoms with Gasteiger partial charge in [-0.1, -0.05) is 5.16 Å². The minimum Gasteiger partial charge on any atom is -0.367 e. The van der Waals surface area contributed by atoms with Gasteiger partial charge in [-0.15, -0.1) is 0 Å². The van der Waals surface area contributed by atoms with Crippen molar-refractivity contribution < 1.29 is 9.32 Å². The van der Waals surface area contributed by atoms with E-state index < -0.39 is 0 Å². The number of aryl methyl sites for hydroxylation is 1. The molecule has 136 valence electrons. The number of hydrogen-bond donors (Lipinski definition) is 1. The van der Waals surface area contributed by atoms with Crippen LogP contribution in [0.4, 0.5) is 5.82 Å². The van der Waals surface area contributed by atoms with Crippen LogP contribution in [0.5, 0.6) is 0 Å². The topological polar surface area (TPSA) is 84.2 Å². The normalized spacial score (nSPS) is 27.2. The number of aromatic nitrogens is 3. The van der Waals surface area contributed by atoms with E-state index >= 15 is 0 Å². The maximum atomic E-state index is 13.0. The van der Waals surface area contributed by atoms with E-state index in [9.17, 15) is 4.79 Å². The lowest BCUT2D eigenvalue weighted by Gasteiger charge is -2.45. The Hall–Kier alpha value is -2.44. The molecule has 5 rings (SSSR count). The van der Waals surface area contributed by atoms with Gasteiger partial charge in [-0.25, -0.2) is 9.97 Å². The number of carbonyl (C=O) groups excluding carboxylic acids is 1. The maximum Gasteiger partial charge on any atom is 0.276 e. The highest BCUT2D eigenvalue weighted by Crippen LogP contribution is 2.49. The number of carbonyl (C=O) groups is 1. The molecule has 1 aliphatic heterocycles. The van der Waals surface area contributed by atoms with Crippen LogP contribution in [-0.4, -0.2) is 45.1 Å². The largest absolute Gasteiger partial charge is 0.367 e. The lowest BCUT2D eigenvalue weighted by molar-refractivity contribution is 0.0705. The summed E-state index contributed by atoms with van der Waals surface area (Å²) in [5, 5.41) is 7.57. The molecular formula is C19H23N5O2. The third-order valence-electron chi connectivity index (χ3n) is 6.17. The van der Waals surface area contributed by atoms with Gasteiger partial charge in [0.15, 0.2) is 5.69 Å². The van der Waals surface area contributed by atoms with Crippen molar-refractivity contribution in [3.63, 3.8) is 0 Å². The predicted molar refractivity (Wildman–Crippen MR) is 94.8 cm³/mol. The molecule has 1 N–H and O–H groups in total. The Bertz CT molecular complexity index is 813. The van der Waals surface area contributed by atoms with Crippen LogP contribution in [0.2, 0.25) is 0 Å². The van der Waals surface area contributed by atoms with E-state index in [-0.39, 0.29) is 11.3 Å². The second-order valence-electron chi connectivity index (χ2n) is 7.96. The molecule has 7 nitrogen and oxygen atoms in total. The fraction of sp³-hybridized carbons (Fsp3) is 0.579. The molecule has 2 fully saturated rings. The molecular weight excluding hydrogens is 330 g/mol. The van der Waals surface area contributed by atoms with Gasteiger partial charge in [-0.2, -0.15) is 0 Å². The minimum absolute atomic E-state index is 0.0565. The lowest BCUT2D eigenvalue weighted by Crippen LogP contribution is -2.47. The van der Waals surface area contributed by atoms with Gasteiger partial charge in [0.05, 0.1) is 0 Å². The van der Waals surface area contributed by atoms with Crippen molar-refractivity contribution >= 4 is 11.7 Å². The summed E-state index contributed by atoms with van der Waals surface area (Å²) in [6.45, 7) is 1.65. The Balaban J connectivity index is 1.22. The maximum absolute atomic E-state index is 13.0. The summed E-state index contributed by atoms with van der Waals surface area (Å²) in [4.78, 5) is 23.1. The average Bonchev–Trinajstić information content (AvgIpc) is 3.27. The number of hydrogen-bond acceptors (Lipinski definition) is 6. The highest BCUT2D eigenvalue weighted by molar-refractivity contribution is 5.94. The molecule has 1 saturated heterocycles. The van der Waals surface area contributed by atoms with E-state index in [0.29, 0.717) is 11.7 Å².